The monoisotopic (exact) mass is 420 g/mol. The van der Waals surface area contributed by atoms with Crippen LogP contribution in [0.15, 0.2) is 48.5 Å². The first kappa shape index (κ1) is 20.5. The molecule has 1 aliphatic heterocycles. The Morgan fingerprint density at radius 3 is 2.57 bits per heavy atom. The summed E-state index contributed by atoms with van der Waals surface area (Å²) in [4.78, 5) is 24.0. The van der Waals surface area contributed by atoms with Gasteiger partial charge in [0.2, 0.25) is 11.8 Å². The second-order valence-electron chi connectivity index (χ2n) is 6.40. The van der Waals surface area contributed by atoms with Crippen molar-refractivity contribution in [2.75, 3.05) is 30.0 Å². The molecule has 8 heteroatoms. The van der Waals surface area contributed by atoms with Gasteiger partial charge in [0.25, 0.3) is 0 Å². The van der Waals surface area contributed by atoms with Gasteiger partial charge in [-0.05, 0) is 41.8 Å². The molecule has 2 atom stereocenters. The zero-order valence-electron chi connectivity index (χ0n) is 15.2. The van der Waals surface area contributed by atoms with Crippen molar-refractivity contribution >= 4 is 39.9 Å². The number of amides is 2. The number of fused-ring (bicyclic) bond motifs is 1. The fraction of sp³-hybridized carbons (Fsp3) is 0.300. The number of hydrogen-bond donors (Lipinski definition) is 2. The molecule has 0 bridgehead atoms. The van der Waals surface area contributed by atoms with E-state index in [1.165, 1.54) is 5.56 Å². The molecule has 2 amide bonds. The van der Waals surface area contributed by atoms with Crippen molar-refractivity contribution in [3.8, 4) is 0 Å². The van der Waals surface area contributed by atoms with Gasteiger partial charge in [-0.2, -0.15) is 0 Å². The molecule has 3 rings (SSSR count). The number of rotatable bonds is 7. The van der Waals surface area contributed by atoms with Crippen LogP contribution >= 0.6 is 11.6 Å². The largest absolute Gasteiger partial charge is 0.371 e. The molecule has 0 aliphatic carbocycles. The third-order valence-electron chi connectivity index (χ3n) is 4.29. The highest BCUT2D eigenvalue weighted by molar-refractivity contribution is 7.86. The molecule has 28 heavy (non-hydrogen) atoms. The summed E-state index contributed by atoms with van der Waals surface area (Å²) in [5.74, 6) is -1.27. The van der Waals surface area contributed by atoms with Crippen molar-refractivity contribution in [2.24, 2.45) is 0 Å². The summed E-state index contributed by atoms with van der Waals surface area (Å²) in [6, 6.07) is 14.6. The van der Waals surface area contributed by atoms with Crippen molar-refractivity contribution in [2.45, 2.75) is 12.5 Å². The quantitative estimate of drug-likeness (QED) is 0.720. The van der Waals surface area contributed by atoms with Crippen molar-refractivity contribution < 1.29 is 18.5 Å². The highest BCUT2D eigenvalue weighted by atomic mass is 35.5. The Morgan fingerprint density at radius 2 is 1.79 bits per heavy atom. The summed E-state index contributed by atoms with van der Waals surface area (Å²) >= 11 is 5.79. The van der Waals surface area contributed by atoms with E-state index >= 15 is 0 Å². The molecule has 0 fully saturated rings. The number of hydrogen-bond acceptors (Lipinski definition) is 4. The number of anilines is 1. The zero-order valence-corrected chi connectivity index (χ0v) is 16.7. The fourth-order valence-electron chi connectivity index (χ4n) is 2.98. The standard InChI is InChI=1S/C20H21ClN2O4S/c21-15-5-7-16(8-6-15)23-20(25)13-28(26)12-19(24)22-11-18-17-4-2-1-3-14(17)9-10-27-18/h1-8,18H,9-13H2,(H,22,24)(H,23,25)/t18-,28-/m0/s1. The maximum Gasteiger partial charge on any atom is 0.237 e. The van der Waals surface area contributed by atoms with Crippen molar-refractivity contribution in [1.29, 1.82) is 0 Å². The van der Waals surface area contributed by atoms with Crippen molar-refractivity contribution in [3.05, 3.63) is 64.7 Å². The van der Waals surface area contributed by atoms with Crippen LogP contribution in [0.2, 0.25) is 5.02 Å². The van der Waals surface area contributed by atoms with E-state index in [-0.39, 0.29) is 23.5 Å². The van der Waals surface area contributed by atoms with Crippen LogP contribution in [0.5, 0.6) is 0 Å². The van der Waals surface area contributed by atoms with Gasteiger partial charge in [0, 0.05) is 28.1 Å². The van der Waals surface area contributed by atoms with E-state index in [0.717, 1.165) is 12.0 Å². The first-order valence-corrected chi connectivity index (χ1v) is 10.7. The second-order valence-corrected chi connectivity index (χ2v) is 8.29. The summed E-state index contributed by atoms with van der Waals surface area (Å²) in [5, 5.41) is 5.93. The van der Waals surface area contributed by atoms with Crippen molar-refractivity contribution in [3.63, 3.8) is 0 Å². The molecule has 0 unspecified atom stereocenters. The molecular weight excluding hydrogens is 400 g/mol. The topological polar surface area (TPSA) is 84.5 Å². The van der Waals surface area contributed by atoms with Gasteiger partial charge >= 0.3 is 0 Å². The lowest BCUT2D eigenvalue weighted by Gasteiger charge is -2.26. The molecule has 2 aromatic carbocycles. The van der Waals surface area contributed by atoms with Crippen LogP contribution in [0.25, 0.3) is 0 Å². The average Bonchev–Trinajstić information content (AvgIpc) is 2.68. The number of ether oxygens (including phenoxy) is 1. The number of carbonyl (C=O) groups excluding carboxylic acids is 2. The third kappa shape index (κ3) is 5.89. The van der Waals surface area contributed by atoms with Gasteiger partial charge in [-0.25, -0.2) is 0 Å². The van der Waals surface area contributed by atoms with Crippen LogP contribution in [0.4, 0.5) is 5.69 Å². The zero-order chi connectivity index (χ0) is 19.9. The Morgan fingerprint density at radius 1 is 1.07 bits per heavy atom. The Labute approximate surface area is 171 Å². The molecule has 1 heterocycles. The molecule has 0 radical (unpaired) electrons. The first-order chi connectivity index (χ1) is 13.5. The Balaban J connectivity index is 1.43. The predicted molar refractivity (Wildman–Crippen MR) is 110 cm³/mol. The van der Waals surface area contributed by atoms with Gasteiger partial charge in [-0.15, -0.1) is 0 Å². The van der Waals surface area contributed by atoms with Crippen LogP contribution in [0, 0.1) is 0 Å². The molecule has 0 aromatic heterocycles. The molecule has 2 aromatic rings. The molecule has 6 nitrogen and oxygen atoms in total. The van der Waals surface area contributed by atoms with E-state index in [1.54, 1.807) is 24.3 Å². The third-order valence-corrected chi connectivity index (χ3v) is 5.71. The highest BCUT2D eigenvalue weighted by Crippen LogP contribution is 2.26. The lowest BCUT2D eigenvalue weighted by atomic mass is 9.97. The van der Waals surface area contributed by atoms with E-state index < -0.39 is 16.7 Å². The van der Waals surface area contributed by atoms with E-state index in [1.807, 2.05) is 18.2 Å². The number of benzene rings is 2. The SMILES string of the molecule is O=C(C[S@](=O)CC(=O)Nc1ccc(Cl)cc1)NC[C@@H]1OCCc2ccccc21. The van der Waals surface area contributed by atoms with Gasteiger partial charge in [0.1, 0.15) is 17.6 Å². The number of nitrogens with one attached hydrogen (secondary N) is 2. The molecule has 1 aliphatic rings. The van der Waals surface area contributed by atoms with E-state index in [2.05, 4.69) is 16.7 Å². The molecular formula is C20H21ClN2O4S. The molecule has 0 saturated carbocycles. The normalized spacial score (nSPS) is 16.7. The smallest absolute Gasteiger partial charge is 0.237 e. The first-order valence-electron chi connectivity index (χ1n) is 8.88. The second kappa shape index (κ2) is 9.82. The van der Waals surface area contributed by atoms with E-state index in [9.17, 15) is 13.8 Å². The van der Waals surface area contributed by atoms with Crippen LogP contribution in [-0.4, -0.2) is 40.7 Å². The van der Waals surface area contributed by atoms with Crippen LogP contribution in [0.3, 0.4) is 0 Å². The van der Waals surface area contributed by atoms with Crippen molar-refractivity contribution in [1.82, 2.24) is 5.32 Å². The summed E-state index contributed by atoms with van der Waals surface area (Å²) < 4.78 is 17.8. The Bertz CT molecular complexity index is 873. The summed E-state index contributed by atoms with van der Waals surface area (Å²) in [6.45, 7) is 0.915. The van der Waals surface area contributed by atoms with Gasteiger partial charge in [0.05, 0.1) is 6.61 Å². The highest BCUT2D eigenvalue weighted by Gasteiger charge is 2.21. The maximum absolute atomic E-state index is 12.1. The maximum atomic E-state index is 12.1. The Kier molecular flexibility index (Phi) is 7.19. The lowest BCUT2D eigenvalue weighted by Crippen LogP contribution is -2.35. The molecule has 0 spiro atoms. The minimum Gasteiger partial charge on any atom is -0.371 e. The molecule has 0 saturated heterocycles. The minimum atomic E-state index is -1.60. The molecule has 2 N–H and O–H groups in total. The minimum absolute atomic E-state index is 0.212. The van der Waals surface area contributed by atoms with Gasteiger partial charge in [0.15, 0.2) is 0 Å². The van der Waals surface area contributed by atoms with Gasteiger partial charge in [-0.1, -0.05) is 35.9 Å². The number of carbonyl (C=O) groups is 2. The summed E-state index contributed by atoms with van der Waals surface area (Å²) in [5.41, 5.74) is 2.84. The van der Waals surface area contributed by atoms with E-state index in [4.69, 9.17) is 16.3 Å². The molecule has 148 valence electrons. The summed E-state index contributed by atoms with van der Waals surface area (Å²) in [7, 11) is -1.60. The van der Waals surface area contributed by atoms with Crippen LogP contribution < -0.4 is 10.6 Å². The number of halogens is 1. The fourth-order valence-corrected chi connectivity index (χ4v) is 3.96. The van der Waals surface area contributed by atoms with E-state index in [0.29, 0.717) is 23.9 Å². The lowest BCUT2D eigenvalue weighted by molar-refractivity contribution is -0.119. The predicted octanol–water partition coefficient (Wildman–Crippen LogP) is 2.46. The average molecular weight is 421 g/mol. The van der Waals surface area contributed by atoms with Crippen LogP contribution in [0.1, 0.15) is 17.2 Å². The summed E-state index contributed by atoms with van der Waals surface area (Å²) in [6.07, 6.45) is 0.642. The van der Waals surface area contributed by atoms with Gasteiger partial charge in [-0.3, -0.25) is 13.8 Å². The van der Waals surface area contributed by atoms with Gasteiger partial charge < -0.3 is 15.4 Å². The van der Waals surface area contributed by atoms with Crippen LogP contribution in [-0.2, 0) is 31.5 Å². The Hall–Kier alpha value is -2.22.